The molecule has 0 unspecified atom stereocenters. The standard InChI is InChI=1S/C46H29N5/c47-30-31-18-23-36(24-19-31)49(37-25-20-33(21-26-37)46-48-39-15-7-8-16-41(39)51(46)35-13-5-2-6-14-35)40-28-29-43-45-38(40)27-22-32-10-9-17-42(44(32)45)50(43)34-11-3-1-4-12-34/h1-29H. The Bertz CT molecular complexity index is 2900. The fourth-order valence-electron chi connectivity index (χ4n) is 7.65. The summed E-state index contributed by atoms with van der Waals surface area (Å²) in [4.78, 5) is 7.40. The molecule has 0 saturated carbocycles. The molecule has 238 valence electrons. The summed E-state index contributed by atoms with van der Waals surface area (Å²) in [5, 5.41) is 14.5. The quantitative estimate of drug-likeness (QED) is 0.168. The van der Waals surface area contributed by atoms with Gasteiger partial charge in [0.2, 0.25) is 0 Å². The van der Waals surface area contributed by atoms with Crippen LogP contribution in [0.25, 0.3) is 66.4 Å². The molecule has 0 atom stereocenters. The lowest BCUT2D eigenvalue weighted by atomic mass is 9.99. The van der Waals surface area contributed by atoms with Gasteiger partial charge in [0.05, 0.1) is 39.4 Å². The maximum Gasteiger partial charge on any atom is 0.145 e. The lowest BCUT2D eigenvalue weighted by molar-refractivity contribution is 1.10. The van der Waals surface area contributed by atoms with Gasteiger partial charge >= 0.3 is 0 Å². The predicted molar refractivity (Wildman–Crippen MR) is 209 cm³/mol. The highest BCUT2D eigenvalue weighted by molar-refractivity contribution is 6.26. The zero-order valence-corrected chi connectivity index (χ0v) is 27.5. The minimum absolute atomic E-state index is 0.626. The molecule has 0 fully saturated rings. The highest BCUT2D eigenvalue weighted by Crippen LogP contribution is 2.46. The van der Waals surface area contributed by atoms with Crippen LogP contribution in [0, 0.1) is 11.3 Å². The molecule has 5 heteroatoms. The molecule has 2 heterocycles. The van der Waals surface area contributed by atoms with E-state index in [2.05, 4.69) is 160 Å². The first kappa shape index (κ1) is 28.8. The Morgan fingerprint density at radius 1 is 0.490 bits per heavy atom. The van der Waals surface area contributed by atoms with Crippen LogP contribution in [-0.4, -0.2) is 14.1 Å². The maximum atomic E-state index is 9.62. The summed E-state index contributed by atoms with van der Waals surface area (Å²) in [5.41, 5.74) is 11.3. The lowest BCUT2D eigenvalue weighted by Crippen LogP contribution is -2.10. The van der Waals surface area contributed by atoms with Crippen molar-refractivity contribution in [3.63, 3.8) is 0 Å². The molecule has 10 aromatic rings. The van der Waals surface area contributed by atoms with Gasteiger partial charge in [-0.2, -0.15) is 5.26 Å². The molecule has 8 aromatic carbocycles. The predicted octanol–water partition coefficient (Wildman–Crippen LogP) is 11.7. The summed E-state index contributed by atoms with van der Waals surface area (Å²) >= 11 is 0. The van der Waals surface area contributed by atoms with Crippen LogP contribution < -0.4 is 4.90 Å². The molecule has 0 N–H and O–H groups in total. The van der Waals surface area contributed by atoms with Crippen molar-refractivity contribution in [2.75, 3.05) is 4.90 Å². The first-order chi connectivity index (χ1) is 25.3. The largest absolute Gasteiger partial charge is 0.310 e. The number of hydrogen-bond acceptors (Lipinski definition) is 3. The van der Waals surface area contributed by atoms with E-state index in [-0.39, 0.29) is 0 Å². The third-order valence-electron chi connectivity index (χ3n) is 9.91. The van der Waals surface area contributed by atoms with E-state index < -0.39 is 0 Å². The number of fused-ring (bicyclic) bond motifs is 1. The van der Waals surface area contributed by atoms with E-state index in [4.69, 9.17) is 4.98 Å². The van der Waals surface area contributed by atoms with Crippen molar-refractivity contribution in [3.05, 3.63) is 181 Å². The van der Waals surface area contributed by atoms with Gasteiger partial charge in [-0.15, -0.1) is 0 Å². The number of hydrogen-bond donors (Lipinski definition) is 0. The van der Waals surface area contributed by atoms with Crippen LogP contribution in [0.2, 0.25) is 0 Å². The van der Waals surface area contributed by atoms with Crippen LogP contribution in [0.5, 0.6) is 0 Å². The first-order valence-corrected chi connectivity index (χ1v) is 17.0. The third kappa shape index (κ3) is 4.51. The average molecular weight is 652 g/mol. The van der Waals surface area contributed by atoms with E-state index in [1.165, 1.54) is 27.2 Å². The molecule has 5 nitrogen and oxygen atoms in total. The number of rotatable bonds is 6. The van der Waals surface area contributed by atoms with E-state index in [1.807, 2.05) is 36.4 Å². The van der Waals surface area contributed by atoms with Crippen LogP contribution in [-0.2, 0) is 0 Å². The number of para-hydroxylation sites is 4. The van der Waals surface area contributed by atoms with Crippen molar-refractivity contribution < 1.29 is 0 Å². The molecule has 0 amide bonds. The lowest BCUT2D eigenvalue weighted by Gasteiger charge is -2.27. The Hall–Kier alpha value is -7.16. The van der Waals surface area contributed by atoms with Crippen LogP contribution in [0.1, 0.15) is 5.56 Å². The molecule has 0 aliphatic heterocycles. The van der Waals surface area contributed by atoms with Crippen LogP contribution in [0.3, 0.4) is 0 Å². The second-order valence-corrected chi connectivity index (χ2v) is 12.8. The molecule has 0 spiro atoms. The number of imidazole rings is 1. The van der Waals surface area contributed by atoms with Gasteiger partial charge in [-0.1, -0.05) is 72.8 Å². The van der Waals surface area contributed by atoms with Crippen LogP contribution >= 0.6 is 0 Å². The van der Waals surface area contributed by atoms with Gasteiger partial charge in [0.1, 0.15) is 5.82 Å². The summed E-state index contributed by atoms with van der Waals surface area (Å²) in [6.07, 6.45) is 0. The van der Waals surface area contributed by atoms with Gasteiger partial charge in [0, 0.05) is 44.5 Å². The molecular weight excluding hydrogens is 623 g/mol. The van der Waals surface area contributed by atoms with Crippen molar-refractivity contribution in [2.24, 2.45) is 0 Å². The molecule has 0 saturated heterocycles. The van der Waals surface area contributed by atoms with E-state index >= 15 is 0 Å². The minimum Gasteiger partial charge on any atom is -0.310 e. The first-order valence-electron chi connectivity index (χ1n) is 17.0. The molecule has 2 aromatic heterocycles. The molecule has 0 bridgehead atoms. The molecule has 0 aliphatic carbocycles. The van der Waals surface area contributed by atoms with Gasteiger partial charge < -0.3 is 9.47 Å². The Morgan fingerprint density at radius 2 is 1.12 bits per heavy atom. The highest BCUT2D eigenvalue weighted by Gasteiger charge is 2.23. The monoisotopic (exact) mass is 651 g/mol. The second-order valence-electron chi connectivity index (χ2n) is 12.8. The zero-order chi connectivity index (χ0) is 33.9. The fraction of sp³-hybridized carbons (Fsp3) is 0. The van der Waals surface area contributed by atoms with Crippen molar-refractivity contribution in [3.8, 4) is 28.8 Å². The molecule has 0 radical (unpaired) electrons. The maximum absolute atomic E-state index is 9.62. The van der Waals surface area contributed by atoms with Gasteiger partial charge in [0.15, 0.2) is 0 Å². The van der Waals surface area contributed by atoms with Crippen LogP contribution in [0.15, 0.2) is 176 Å². The SMILES string of the molecule is N#Cc1ccc(N(c2ccc(-c3nc4ccccc4n3-c3ccccc3)cc2)c2ccc3c4c2ccc2cccc(c24)n3-c2ccccc2)cc1. The van der Waals surface area contributed by atoms with Crippen molar-refractivity contribution in [1.82, 2.24) is 14.1 Å². The third-order valence-corrected chi connectivity index (χ3v) is 9.91. The Morgan fingerprint density at radius 3 is 1.84 bits per heavy atom. The van der Waals surface area contributed by atoms with E-state index in [0.717, 1.165) is 56.2 Å². The summed E-state index contributed by atoms with van der Waals surface area (Å²) in [7, 11) is 0. The second kappa shape index (κ2) is 11.5. The van der Waals surface area contributed by atoms with E-state index in [1.54, 1.807) is 0 Å². The van der Waals surface area contributed by atoms with E-state index in [9.17, 15) is 5.26 Å². The Labute approximate surface area is 294 Å². The Balaban J connectivity index is 1.18. The molecule has 51 heavy (non-hydrogen) atoms. The normalized spacial score (nSPS) is 11.5. The van der Waals surface area contributed by atoms with Crippen molar-refractivity contribution >= 4 is 60.7 Å². The van der Waals surface area contributed by atoms with Gasteiger partial charge in [-0.05, 0) is 109 Å². The zero-order valence-electron chi connectivity index (χ0n) is 27.5. The summed E-state index contributed by atoms with van der Waals surface area (Å²) in [6.45, 7) is 0. The smallest absolute Gasteiger partial charge is 0.145 e. The summed E-state index contributed by atoms with van der Waals surface area (Å²) in [6, 6.07) is 63.5. The summed E-state index contributed by atoms with van der Waals surface area (Å²) in [5.74, 6) is 0.888. The van der Waals surface area contributed by atoms with E-state index in [0.29, 0.717) is 5.56 Å². The highest BCUT2D eigenvalue weighted by atomic mass is 15.1. The van der Waals surface area contributed by atoms with Gasteiger partial charge in [-0.25, -0.2) is 4.98 Å². The molecule has 10 rings (SSSR count). The fourth-order valence-corrected chi connectivity index (χ4v) is 7.65. The van der Waals surface area contributed by atoms with Gasteiger partial charge in [-0.3, -0.25) is 4.57 Å². The van der Waals surface area contributed by atoms with Crippen molar-refractivity contribution in [1.29, 1.82) is 5.26 Å². The number of benzene rings is 8. The van der Waals surface area contributed by atoms with Crippen molar-refractivity contribution in [2.45, 2.75) is 0 Å². The number of aromatic nitrogens is 3. The number of nitriles is 1. The van der Waals surface area contributed by atoms with Crippen LogP contribution in [0.4, 0.5) is 17.1 Å². The Kier molecular flexibility index (Phi) is 6.48. The molecule has 0 aliphatic rings. The summed E-state index contributed by atoms with van der Waals surface area (Å²) < 4.78 is 4.60. The topological polar surface area (TPSA) is 49.8 Å². The average Bonchev–Trinajstić information content (AvgIpc) is 3.76. The van der Waals surface area contributed by atoms with Gasteiger partial charge in [0.25, 0.3) is 0 Å². The number of anilines is 3. The minimum atomic E-state index is 0.626. The number of nitrogens with zero attached hydrogens (tertiary/aromatic N) is 5. The molecular formula is C46H29N5.